The standard InChI is InChI=1S/C8H12O2/c1-6-3-4-8(7(6)2)10-5-9/h4-7H,3H2,1-2H3. The maximum atomic E-state index is 9.95. The highest BCUT2D eigenvalue weighted by molar-refractivity contribution is 5.40. The normalized spacial score (nSPS) is 31.6. The summed E-state index contributed by atoms with van der Waals surface area (Å²) in [7, 11) is 0. The van der Waals surface area contributed by atoms with Gasteiger partial charge < -0.3 is 4.74 Å². The highest BCUT2D eigenvalue weighted by atomic mass is 16.5. The van der Waals surface area contributed by atoms with Crippen LogP contribution in [0.2, 0.25) is 0 Å². The maximum Gasteiger partial charge on any atom is 0.298 e. The molecule has 0 heterocycles. The zero-order valence-corrected chi connectivity index (χ0v) is 6.33. The summed E-state index contributed by atoms with van der Waals surface area (Å²) < 4.78 is 4.77. The molecule has 2 unspecified atom stereocenters. The Hall–Kier alpha value is -0.790. The molecule has 0 aromatic heterocycles. The molecule has 0 spiro atoms. The summed E-state index contributed by atoms with van der Waals surface area (Å²) in [5.74, 6) is 1.86. The summed E-state index contributed by atoms with van der Waals surface area (Å²) in [6.07, 6.45) is 3.02. The first-order valence-corrected chi connectivity index (χ1v) is 3.56. The summed E-state index contributed by atoms with van der Waals surface area (Å²) in [4.78, 5) is 9.95. The van der Waals surface area contributed by atoms with Crippen molar-refractivity contribution in [3.8, 4) is 0 Å². The van der Waals surface area contributed by atoms with Crippen molar-refractivity contribution in [3.05, 3.63) is 11.8 Å². The van der Waals surface area contributed by atoms with Crippen LogP contribution in [-0.4, -0.2) is 6.47 Å². The minimum Gasteiger partial charge on any atom is -0.433 e. The number of hydrogen-bond acceptors (Lipinski definition) is 2. The van der Waals surface area contributed by atoms with Crippen LogP contribution in [0.25, 0.3) is 0 Å². The van der Waals surface area contributed by atoms with Crippen LogP contribution in [0, 0.1) is 11.8 Å². The van der Waals surface area contributed by atoms with Crippen LogP contribution in [-0.2, 0) is 9.53 Å². The van der Waals surface area contributed by atoms with Crippen molar-refractivity contribution in [3.63, 3.8) is 0 Å². The first-order chi connectivity index (χ1) is 4.75. The van der Waals surface area contributed by atoms with E-state index in [9.17, 15) is 4.79 Å². The highest BCUT2D eigenvalue weighted by Gasteiger charge is 2.22. The van der Waals surface area contributed by atoms with Crippen molar-refractivity contribution >= 4 is 6.47 Å². The van der Waals surface area contributed by atoms with Crippen molar-refractivity contribution in [2.75, 3.05) is 0 Å². The third-order valence-electron chi connectivity index (χ3n) is 2.18. The van der Waals surface area contributed by atoms with E-state index in [2.05, 4.69) is 13.8 Å². The number of carbonyl (C=O) groups is 1. The van der Waals surface area contributed by atoms with E-state index in [1.165, 1.54) is 0 Å². The quantitative estimate of drug-likeness (QED) is 0.546. The van der Waals surface area contributed by atoms with E-state index < -0.39 is 0 Å². The Morgan fingerprint density at radius 3 is 2.80 bits per heavy atom. The van der Waals surface area contributed by atoms with Gasteiger partial charge in [0.15, 0.2) is 0 Å². The zero-order valence-electron chi connectivity index (χ0n) is 6.33. The minimum atomic E-state index is 0.408. The van der Waals surface area contributed by atoms with E-state index in [1.54, 1.807) is 0 Å². The number of rotatable bonds is 2. The molecule has 1 rings (SSSR count). The predicted molar refractivity (Wildman–Crippen MR) is 38.2 cm³/mol. The van der Waals surface area contributed by atoms with E-state index in [0.29, 0.717) is 18.3 Å². The van der Waals surface area contributed by atoms with Gasteiger partial charge in [0.1, 0.15) is 5.76 Å². The lowest BCUT2D eigenvalue weighted by Crippen LogP contribution is -2.04. The van der Waals surface area contributed by atoms with Gasteiger partial charge in [0, 0.05) is 5.92 Å². The van der Waals surface area contributed by atoms with Crippen LogP contribution in [0.15, 0.2) is 11.8 Å². The van der Waals surface area contributed by atoms with Gasteiger partial charge >= 0.3 is 0 Å². The molecule has 0 saturated heterocycles. The number of carbonyl (C=O) groups excluding carboxylic acids is 1. The molecule has 2 nitrogen and oxygen atoms in total. The van der Waals surface area contributed by atoms with Crippen molar-refractivity contribution in [1.82, 2.24) is 0 Å². The Morgan fingerprint density at radius 2 is 2.40 bits per heavy atom. The van der Waals surface area contributed by atoms with Gasteiger partial charge in [-0.05, 0) is 18.4 Å². The van der Waals surface area contributed by atoms with Gasteiger partial charge in [0.2, 0.25) is 0 Å². The summed E-state index contributed by atoms with van der Waals surface area (Å²) in [5, 5.41) is 0. The molecule has 0 saturated carbocycles. The summed E-state index contributed by atoms with van der Waals surface area (Å²) in [6, 6.07) is 0. The molecule has 10 heavy (non-hydrogen) atoms. The second-order valence-corrected chi connectivity index (χ2v) is 2.82. The third-order valence-corrected chi connectivity index (χ3v) is 2.18. The Morgan fingerprint density at radius 1 is 1.70 bits per heavy atom. The van der Waals surface area contributed by atoms with E-state index >= 15 is 0 Å². The van der Waals surface area contributed by atoms with Crippen molar-refractivity contribution in [1.29, 1.82) is 0 Å². The number of ether oxygens (including phenoxy) is 1. The van der Waals surface area contributed by atoms with E-state index in [-0.39, 0.29) is 0 Å². The number of allylic oxidation sites excluding steroid dienone is 2. The fraction of sp³-hybridized carbons (Fsp3) is 0.625. The lowest BCUT2D eigenvalue weighted by molar-refractivity contribution is -0.125. The fourth-order valence-corrected chi connectivity index (χ4v) is 1.18. The molecule has 0 N–H and O–H groups in total. The van der Waals surface area contributed by atoms with Crippen LogP contribution < -0.4 is 0 Å². The Labute approximate surface area is 60.9 Å². The van der Waals surface area contributed by atoms with E-state index in [1.807, 2.05) is 6.08 Å². The van der Waals surface area contributed by atoms with Gasteiger partial charge in [-0.2, -0.15) is 0 Å². The molecule has 0 radical (unpaired) electrons. The van der Waals surface area contributed by atoms with Gasteiger partial charge in [0.25, 0.3) is 6.47 Å². The first-order valence-electron chi connectivity index (χ1n) is 3.56. The van der Waals surface area contributed by atoms with Crippen LogP contribution in [0.3, 0.4) is 0 Å². The second-order valence-electron chi connectivity index (χ2n) is 2.82. The molecule has 0 bridgehead atoms. The smallest absolute Gasteiger partial charge is 0.298 e. The molecule has 2 atom stereocenters. The molecular weight excluding hydrogens is 128 g/mol. The summed E-state index contributed by atoms with van der Waals surface area (Å²) >= 11 is 0. The van der Waals surface area contributed by atoms with Gasteiger partial charge in [-0.15, -0.1) is 0 Å². The molecule has 56 valence electrons. The van der Waals surface area contributed by atoms with Crippen molar-refractivity contribution in [2.45, 2.75) is 20.3 Å². The molecule has 0 amide bonds. The fourth-order valence-electron chi connectivity index (χ4n) is 1.18. The second kappa shape index (κ2) is 2.86. The van der Waals surface area contributed by atoms with E-state index in [0.717, 1.165) is 12.2 Å². The average molecular weight is 140 g/mol. The summed E-state index contributed by atoms with van der Waals surface area (Å²) in [6.45, 7) is 4.73. The van der Waals surface area contributed by atoms with Crippen LogP contribution >= 0.6 is 0 Å². The van der Waals surface area contributed by atoms with Crippen molar-refractivity contribution in [2.24, 2.45) is 11.8 Å². The lowest BCUT2D eigenvalue weighted by atomic mass is 9.99. The van der Waals surface area contributed by atoms with Gasteiger partial charge in [-0.25, -0.2) is 0 Å². The lowest BCUT2D eigenvalue weighted by Gasteiger charge is -2.10. The SMILES string of the molecule is CC1CC=C(OC=O)C1C. The van der Waals surface area contributed by atoms with Gasteiger partial charge in [0.05, 0.1) is 0 Å². The Bertz CT molecular complexity index is 161. The zero-order chi connectivity index (χ0) is 7.56. The van der Waals surface area contributed by atoms with Crippen molar-refractivity contribution < 1.29 is 9.53 Å². The highest BCUT2D eigenvalue weighted by Crippen LogP contribution is 2.30. The topological polar surface area (TPSA) is 26.3 Å². The van der Waals surface area contributed by atoms with Gasteiger partial charge in [-0.1, -0.05) is 13.8 Å². The van der Waals surface area contributed by atoms with Gasteiger partial charge in [-0.3, -0.25) is 4.79 Å². The monoisotopic (exact) mass is 140 g/mol. The van der Waals surface area contributed by atoms with Crippen LogP contribution in [0.4, 0.5) is 0 Å². The maximum absolute atomic E-state index is 9.95. The molecule has 0 aliphatic heterocycles. The minimum absolute atomic E-state index is 0.408. The number of hydrogen-bond donors (Lipinski definition) is 0. The van der Waals surface area contributed by atoms with Crippen LogP contribution in [0.5, 0.6) is 0 Å². The summed E-state index contributed by atoms with van der Waals surface area (Å²) in [5.41, 5.74) is 0. The molecule has 0 aromatic carbocycles. The molecule has 0 aromatic rings. The Balaban J connectivity index is 2.53. The average Bonchev–Trinajstić information content (AvgIpc) is 2.20. The molecule has 2 heteroatoms. The molecule has 1 aliphatic rings. The molecule has 1 aliphatic carbocycles. The predicted octanol–water partition coefficient (Wildman–Crippen LogP) is 1.72. The van der Waals surface area contributed by atoms with Crippen LogP contribution in [0.1, 0.15) is 20.3 Å². The molecular formula is C8H12O2. The molecule has 0 fully saturated rings. The van der Waals surface area contributed by atoms with E-state index in [4.69, 9.17) is 4.74 Å². The third kappa shape index (κ3) is 1.20. The Kier molecular flexibility index (Phi) is 2.10. The first kappa shape index (κ1) is 7.32. The largest absolute Gasteiger partial charge is 0.433 e.